The lowest BCUT2D eigenvalue weighted by Crippen LogP contribution is -2.23. The van der Waals surface area contributed by atoms with Gasteiger partial charge in [-0.3, -0.25) is 4.79 Å². The van der Waals surface area contributed by atoms with E-state index in [4.69, 9.17) is 0 Å². The van der Waals surface area contributed by atoms with E-state index in [0.717, 1.165) is 11.8 Å². The van der Waals surface area contributed by atoms with Gasteiger partial charge in [0.15, 0.2) is 5.78 Å². The van der Waals surface area contributed by atoms with E-state index in [-0.39, 0.29) is 30.2 Å². The number of benzene rings is 3. The highest BCUT2D eigenvalue weighted by Crippen LogP contribution is 2.30. The first-order valence-electron chi connectivity index (χ1n) is 9.51. The van der Waals surface area contributed by atoms with Gasteiger partial charge in [0.05, 0.1) is 6.04 Å². The molecular formula is C24H21F2NO3. The lowest BCUT2D eigenvalue weighted by Gasteiger charge is -2.26. The third kappa shape index (κ3) is 5.50. The fraction of sp³-hybridized carbons (Fsp3) is 0.167. The van der Waals surface area contributed by atoms with Crippen LogP contribution in [0.15, 0.2) is 72.8 Å². The molecule has 6 heteroatoms. The second-order valence-corrected chi connectivity index (χ2v) is 6.99. The molecule has 30 heavy (non-hydrogen) atoms. The maximum atomic E-state index is 13.2. The predicted octanol–water partition coefficient (Wildman–Crippen LogP) is 5.30. The SMILES string of the molecule is O=C[C@H](CCC(=O)c1ccc(F)cc1)C(Nc1ccc(F)cc1)c1ccc(O)cc1. The normalized spacial score (nSPS) is 12.7. The molecule has 1 unspecified atom stereocenters. The number of ketones is 1. The second kappa shape index (κ2) is 9.78. The van der Waals surface area contributed by atoms with Crippen molar-refractivity contribution in [3.63, 3.8) is 0 Å². The molecule has 0 aromatic heterocycles. The molecule has 0 aliphatic carbocycles. The van der Waals surface area contributed by atoms with Crippen molar-refractivity contribution in [1.29, 1.82) is 0 Å². The summed E-state index contributed by atoms with van der Waals surface area (Å²) in [7, 11) is 0. The minimum absolute atomic E-state index is 0.0911. The van der Waals surface area contributed by atoms with E-state index in [0.29, 0.717) is 11.3 Å². The lowest BCUT2D eigenvalue weighted by atomic mass is 9.88. The number of phenols is 1. The standard InChI is InChI=1S/C24H21F2NO3/c25-19-6-1-16(2-7-19)23(30)14-5-18(15-28)24(17-3-12-22(29)13-4-17)27-21-10-8-20(26)9-11-21/h1-4,6-13,15,18,24,27,29H,5,14H2/t18-,24?/m0/s1. The first-order valence-corrected chi connectivity index (χ1v) is 9.51. The molecule has 4 nitrogen and oxygen atoms in total. The molecule has 3 aromatic carbocycles. The predicted molar refractivity (Wildman–Crippen MR) is 110 cm³/mol. The Morgan fingerprint density at radius 3 is 2.03 bits per heavy atom. The van der Waals surface area contributed by atoms with Gasteiger partial charge < -0.3 is 15.2 Å². The number of hydrogen-bond acceptors (Lipinski definition) is 4. The van der Waals surface area contributed by atoms with Crippen LogP contribution in [0, 0.1) is 17.6 Å². The molecule has 0 saturated carbocycles. The number of halogens is 2. The Bertz CT molecular complexity index is 986. The van der Waals surface area contributed by atoms with Crippen LogP contribution < -0.4 is 5.32 Å². The maximum absolute atomic E-state index is 13.2. The van der Waals surface area contributed by atoms with Crippen molar-refractivity contribution in [2.24, 2.45) is 5.92 Å². The fourth-order valence-electron chi connectivity index (χ4n) is 3.24. The smallest absolute Gasteiger partial charge is 0.162 e. The van der Waals surface area contributed by atoms with Crippen LogP contribution >= 0.6 is 0 Å². The van der Waals surface area contributed by atoms with Gasteiger partial charge in [0, 0.05) is 23.6 Å². The molecule has 0 aliphatic heterocycles. The van der Waals surface area contributed by atoms with E-state index >= 15 is 0 Å². The van der Waals surface area contributed by atoms with Gasteiger partial charge in [0.25, 0.3) is 0 Å². The number of aldehydes is 1. The quantitative estimate of drug-likeness (QED) is 0.372. The highest BCUT2D eigenvalue weighted by molar-refractivity contribution is 5.96. The summed E-state index contributed by atoms with van der Waals surface area (Å²) in [5.41, 5.74) is 1.74. The zero-order chi connectivity index (χ0) is 21.5. The lowest BCUT2D eigenvalue weighted by molar-refractivity contribution is -0.111. The minimum atomic E-state index is -0.566. The number of nitrogens with one attached hydrogen (secondary N) is 1. The average Bonchev–Trinajstić information content (AvgIpc) is 2.75. The van der Waals surface area contributed by atoms with Crippen LogP contribution in [0.3, 0.4) is 0 Å². The van der Waals surface area contributed by atoms with Crippen LogP contribution in [-0.2, 0) is 4.79 Å². The first-order chi connectivity index (χ1) is 14.5. The topological polar surface area (TPSA) is 66.4 Å². The average molecular weight is 409 g/mol. The third-order valence-corrected chi connectivity index (χ3v) is 4.89. The van der Waals surface area contributed by atoms with E-state index in [1.807, 2.05) is 0 Å². The van der Waals surface area contributed by atoms with Crippen molar-refractivity contribution in [3.8, 4) is 5.75 Å². The Morgan fingerprint density at radius 2 is 1.47 bits per heavy atom. The second-order valence-electron chi connectivity index (χ2n) is 6.99. The van der Waals surface area contributed by atoms with Crippen molar-refractivity contribution in [3.05, 3.63) is 95.6 Å². The molecule has 0 fully saturated rings. The summed E-state index contributed by atoms with van der Waals surface area (Å²) in [6.07, 6.45) is 1.15. The van der Waals surface area contributed by atoms with Crippen LogP contribution in [0.25, 0.3) is 0 Å². The molecule has 0 aliphatic rings. The molecule has 0 spiro atoms. The fourth-order valence-corrected chi connectivity index (χ4v) is 3.24. The third-order valence-electron chi connectivity index (χ3n) is 4.89. The van der Waals surface area contributed by atoms with Crippen molar-refractivity contribution in [2.75, 3.05) is 5.32 Å². The molecule has 3 aromatic rings. The number of hydrogen-bond donors (Lipinski definition) is 2. The summed E-state index contributed by atoms with van der Waals surface area (Å²) < 4.78 is 26.3. The summed E-state index contributed by atoms with van der Waals surface area (Å²) in [6, 6.07) is 16.9. The van der Waals surface area contributed by atoms with Gasteiger partial charge in [-0.15, -0.1) is 0 Å². The number of phenolic OH excluding ortho intramolecular Hbond substituents is 1. The van der Waals surface area contributed by atoms with Crippen LogP contribution in [0.2, 0.25) is 0 Å². The molecule has 0 bridgehead atoms. The molecule has 2 N–H and O–H groups in total. The van der Waals surface area contributed by atoms with Gasteiger partial charge >= 0.3 is 0 Å². The molecular weight excluding hydrogens is 388 g/mol. The molecule has 154 valence electrons. The van der Waals surface area contributed by atoms with Gasteiger partial charge in [-0.05, 0) is 72.6 Å². The Labute approximate surface area is 173 Å². The van der Waals surface area contributed by atoms with Crippen molar-refractivity contribution in [2.45, 2.75) is 18.9 Å². The Morgan fingerprint density at radius 1 is 0.900 bits per heavy atom. The zero-order valence-electron chi connectivity index (χ0n) is 16.1. The number of anilines is 1. The molecule has 0 heterocycles. The Hall–Kier alpha value is -3.54. The summed E-state index contributed by atoms with van der Waals surface area (Å²) >= 11 is 0. The van der Waals surface area contributed by atoms with Gasteiger partial charge in [0.2, 0.25) is 0 Å². The van der Waals surface area contributed by atoms with Crippen LogP contribution in [-0.4, -0.2) is 17.2 Å². The highest BCUT2D eigenvalue weighted by atomic mass is 19.1. The summed E-state index contributed by atoms with van der Waals surface area (Å²) in [4.78, 5) is 24.4. The zero-order valence-corrected chi connectivity index (χ0v) is 16.1. The number of rotatable bonds is 9. The van der Waals surface area contributed by atoms with E-state index in [1.54, 1.807) is 24.3 Å². The Kier molecular flexibility index (Phi) is 6.91. The molecule has 2 atom stereocenters. The molecule has 0 amide bonds. The molecule has 3 rings (SSSR count). The summed E-state index contributed by atoms with van der Waals surface area (Å²) in [6.45, 7) is 0. The maximum Gasteiger partial charge on any atom is 0.162 e. The van der Waals surface area contributed by atoms with Crippen molar-refractivity contribution >= 4 is 17.8 Å². The number of carbonyl (C=O) groups is 2. The molecule has 0 radical (unpaired) electrons. The minimum Gasteiger partial charge on any atom is -0.508 e. The Balaban J connectivity index is 1.79. The monoisotopic (exact) mass is 409 g/mol. The van der Waals surface area contributed by atoms with Crippen LogP contribution in [0.5, 0.6) is 5.75 Å². The van der Waals surface area contributed by atoms with Crippen molar-refractivity contribution < 1.29 is 23.5 Å². The number of aromatic hydroxyl groups is 1. The van der Waals surface area contributed by atoms with E-state index < -0.39 is 17.8 Å². The van der Waals surface area contributed by atoms with E-state index in [1.165, 1.54) is 48.5 Å². The van der Waals surface area contributed by atoms with E-state index in [2.05, 4.69) is 5.32 Å². The summed E-state index contributed by atoms with van der Waals surface area (Å²) in [5.74, 6) is -1.46. The summed E-state index contributed by atoms with van der Waals surface area (Å²) in [5, 5.41) is 12.8. The molecule has 0 saturated heterocycles. The van der Waals surface area contributed by atoms with Gasteiger partial charge in [-0.25, -0.2) is 8.78 Å². The van der Waals surface area contributed by atoms with E-state index in [9.17, 15) is 23.5 Å². The number of Topliss-reactive ketones (excluding diaryl/α,β-unsaturated/α-hetero) is 1. The van der Waals surface area contributed by atoms with Crippen molar-refractivity contribution in [1.82, 2.24) is 0 Å². The first kappa shape index (κ1) is 21.2. The van der Waals surface area contributed by atoms with Crippen LogP contribution in [0.1, 0.15) is 34.8 Å². The van der Waals surface area contributed by atoms with Crippen LogP contribution in [0.4, 0.5) is 14.5 Å². The van der Waals surface area contributed by atoms with Gasteiger partial charge in [-0.2, -0.15) is 0 Å². The number of carbonyl (C=O) groups excluding carboxylic acids is 2. The highest BCUT2D eigenvalue weighted by Gasteiger charge is 2.24. The van der Waals surface area contributed by atoms with Gasteiger partial charge in [-0.1, -0.05) is 12.1 Å². The van der Waals surface area contributed by atoms with Gasteiger partial charge in [0.1, 0.15) is 23.7 Å². The largest absolute Gasteiger partial charge is 0.508 e.